The molecule has 0 spiro atoms. The Hall–Kier alpha value is -3.33. The lowest BCUT2D eigenvalue weighted by Gasteiger charge is -2.16. The van der Waals surface area contributed by atoms with Gasteiger partial charge >= 0.3 is 0 Å². The smallest absolute Gasteiger partial charge is 0.203 e. The third kappa shape index (κ3) is 3.67. The number of benzene rings is 2. The van der Waals surface area contributed by atoms with E-state index in [1.807, 2.05) is 12.1 Å². The molecule has 0 bridgehead atoms. The predicted octanol–water partition coefficient (Wildman–Crippen LogP) is 3.68. The van der Waals surface area contributed by atoms with Crippen LogP contribution in [0.4, 0.5) is 0 Å². The van der Waals surface area contributed by atoms with E-state index in [2.05, 4.69) is 6.07 Å². The van der Waals surface area contributed by atoms with Crippen LogP contribution in [0.3, 0.4) is 0 Å². The topological polar surface area (TPSA) is 69.9 Å². The summed E-state index contributed by atoms with van der Waals surface area (Å²) in [6, 6.07) is 11.1. The molecule has 0 fully saturated rings. The molecule has 0 aromatic heterocycles. The van der Waals surface area contributed by atoms with Crippen molar-refractivity contribution in [3.05, 3.63) is 47.5 Å². The van der Waals surface area contributed by atoms with Crippen molar-refractivity contribution < 1.29 is 23.7 Å². The first-order valence-electron chi connectivity index (χ1n) is 7.76. The Bertz CT molecular complexity index is 827. The summed E-state index contributed by atoms with van der Waals surface area (Å²) in [7, 11) is 7.77. The highest BCUT2D eigenvalue weighted by Gasteiger charge is 2.17. The largest absolute Gasteiger partial charge is 0.493 e. The van der Waals surface area contributed by atoms with Crippen LogP contribution in [0.1, 0.15) is 11.1 Å². The molecule has 0 heterocycles. The molecule has 0 aliphatic rings. The van der Waals surface area contributed by atoms with E-state index >= 15 is 0 Å². The van der Waals surface area contributed by atoms with Crippen molar-refractivity contribution in [3.8, 4) is 34.8 Å². The summed E-state index contributed by atoms with van der Waals surface area (Å²) in [5.41, 5.74) is 2.22. The van der Waals surface area contributed by atoms with E-state index in [0.717, 1.165) is 11.1 Å². The summed E-state index contributed by atoms with van der Waals surface area (Å²) < 4.78 is 26.8. The first-order chi connectivity index (χ1) is 12.6. The number of rotatable bonds is 7. The van der Waals surface area contributed by atoms with Gasteiger partial charge in [-0.25, -0.2) is 0 Å². The van der Waals surface area contributed by atoms with Crippen molar-refractivity contribution >= 4 is 5.57 Å². The van der Waals surface area contributed by atoms with E-state index < -0.39 is 0 Å². The third-order valence-corrected chi connectivity index (χ3v) is 3.88. The monoisotopic (exact) mass is 355 g/mol. The first-order valence-corrected chi connectivity index (χ1v) is 7.76. The molecule has 0 saturated carbocycles. The van der Waals surface area contributed by atoms with Crippen molar-refractivity contribution in [1.29, 1.82) is 5.26 Å². The maximum atomic E-state index is 9.27. The van der Waals surface area contributed by atoms with Crippen molar-refractivity contribution in [1.82, 2.24) is 0 Å². The van der Waals surface area contributed by atoms with Crippen LogP contribution in [0.25, 0.3) is 5.57 Å². The second-order valence-electron chi connectivity index (χ2n) is 5.17. The Morgan fingerprint density at radius 2 is 1.27 bits per heavy atom. The zero-order valence-electron chi connectivity index (χ0n) is 15.5. The minimum atomic E-state index is 0.488. The molecule has 0 atom stereocenters. The molecule has 2 rings (SSSR count). The van der Waals surface area contributed by atoms with Crippen LogP contribution in [0.15, 0.2) is 36.4 Å². The van der Waals surface area contributed by atoms with Crippen LogP contribution in [0.2, 0.25) is 0 Å². The molecule has 26 heavy (non-hydrogen) atoms. The van der Waals surface area contributed by atoms with Gasteiger partial charge in [0.05, 0.1) is 41.6 Å². The fraction of sp³-hybridized carbons (Fsp3) is 0.250. The van der Waals surface area contributed by atoms with Crippen molar-refractivity contribution in [2.45, 2.75) is 0 Å². The lowest BCUT2D eigenvalue weighted by atomic mass is 9.96. The number of nitrogens with zero attached hydrogens (tertiary/aromatic N) is 1. The van der Waals surface area contributed by atoms with Crippen LogP contribution < -0.4 is 23.7 Å². The Morgan fingerprint density at radius 1 is 0.731 bits per heavy atom. The molecule has 0 radical (unpaired) electrons. The normalized spacial score (nSPS) is 10.7. The highest BCUT2D eigenvalue weighted by molar-refractivity contribution is 5.84. The zero-order chi connectivity index (χ0) is 19.1. The van der Waals surface area contributed by atoms with Crippen molar-refractivity contribution in [2.75, 3.05) is 35.5 Å². The van der Waals surface area contributed by atoms with Gasteiger partial charge in [0.25, 0.3) is 0 Å². The second-order valence-corrected chi connectivity index (χ2v) is 5.17. The van der Waals surface area contributed by atoms with Gasteiger partial charge in [0.1, 0.15) is 0 Å². The van der Waals surface area contributed by atoms with E-state index in [1.54, 1.807) is 53.7 Å². The molecule has 0 aliphatic carbocycles. The zero-order valence-corrected chi connectivity index (χ0v) is 15.5. The van der Waals surface area contributed by atoms with Gasteiger partial charge in [-0.3, -0.25) is 0 Å². The molecule has 136 valence electrons. The Kier molecular flexibility index (Phi) is 6.34. The maximum Gasteiger partial charge on any atom is 0.203 e. The number of methoxy groups -OCH3 is 5. The average molecular weight is 355 g/mol. The van der Waals surface area contributed by atoms with E-state index in [1.165, 1.54) is 6.08 Å². The van der Waals surface area contributed by atoms with Crippen LogP contribution >= 0.6 is 0 Å². The number of nitriles is 1. The molecule has 0 aliphatic heterocycles. The maximum absolute atomic E-state index is 9.27. The van der Waals surface area contributed by atoms with Gasteiger partial charge in [-0.15, -0.1) is 0 Å². The third-order valence-electron chi connectivity index (χ3n) is 3.88. The number of allylic oxidation sites excluding steroid dienone is 1. The number of hydrogen-bond acceptors (Lipinski definition) is 6. The Balaban J connectivity index is 2.66. The van der Waals surface area contributed by atoms with Crippen LogP contribution in [-0.2, 0) is 0 Å². The summed E-state index contributed by atoms with van der Waals surface area (Å²) in [5, 5.41) is 9.27. The molecule has 6 nitrogen and oxygen atoms in total. The highest BCUT2D eigenvalue weighted by Crippen LogP contribution is 2.41. The lowest BCUT2D eigenvalue weighted by molar-refractivity contribution is 0.324. The second kappa shape index (κ2) is 8.67. The number of ether oxygens (including phenoxy) is 5. The fourth-order valence-corrected chi connectivity index (χ4v) is 2.64. The summed E-state index contributed by atoms with van der Waals surface area (Å²) in [6.45, 7) is 0. The van der Waals surface area contributed by atoms with E-state index in [0.29, 0.717) is 34.3 Å². The predicted molar refractivity (Wildman–Crippen MR) is 98.3 cm³/mol. The fourth-order valence-electron chi connectivity index (χ4n) is 2.64. The Labute approximate surface area is 153 Å². The van der Waals surface area contributed by atoms with Gasteiger partial charge in [0, 0.05) is 6.08 Å². The average Bonchev–Trinajstić information content (AvgIpc) is 2.70. The molecule has 0 unspecified atom stereocenters. The molecule has 2 aromatic carbocycles. The quantitative estimate of drug-likeness (QED) is 0.706. The van der Waals surface area contributed by atoms with Crippen molar-refractivity contribution in [3.63, 3.8) is 0 Å². The van der Waals surface area contributed by atoms with E-state index in [9.17, 15) is 5.26 Å². The van der Waals surface area contributed by atoms with E-state index in [-0.39, 0.29) is 0 Å². The molecule has 6 heteroatoms. The van der Waals surface area contributed by atoms with Gasteiger partial charge in [0.2, 0.25) is 5.75 Å². The van der Waals surface area contributed by atoms with Gasteiger partial charge in [0.15, 0.2) is 23.0 Å². The van der Waals surface area contributed by atoms with Gasteiger partial charge in [-0.1, -0.05) is 6.07 Å². The van der Waals surface area contributed by atoms with Gasteiger partial charge in [-0.05, 0) is 41.0 Å². The lowest BCUT2D eigenvalue weighted by Crippen LogP contribution is -1.98. The summed E-state index contributed by atoms with van der Waals surface area (Å²) in [5.74, 6) is 2.68. The van der Waals surface area contributed by atoms with E-state index in [4.69, 9.17) is 23.7 Å². The molecule has 0 saturated heterocycles. The minimum Gasteiger partial charge on any atom is -0.493 e. The summed E-state index contributed by atoms with van der Waals surface area (Å²) in [6.07, 6.45) is 1.46. The Morgan fingerprint density at radius 3 is 1.73 bits per heavy atom. The molecule has 0 N–H and O–H groups in total. The highest BCUT2D eigenvalue weighted by atomic mass is 16.5. The summed E-state index contributed by atoms with van der Waals surface area (Å²) in [4.78, 5) is 0. The van der Waals surface area contributed by atoms with Gasteiger partial charge in [-0.2, -0.15) is 5.26 Å². The SMILES string of the molecule is COc1ccc(/C(=C/C#N)c2cc(OC)c(OC)c(OC)c2)cc1OC. The first kappa shape index (κ1) is 19.0. The van der Waals surface area contributed by atoms with Crippen LogP contribution in [0, 0.1) is 11.3 Å². The van der Waals surface area contributed by atoms with Gasteiger partial charge < -0.3 is 23.7 Å². The standard InChI is InChI=1S/C20H21NO5/c1-22-16-7-6-13(10-17(16)23-2)15(8-9-21)14-11-18(24-3)20(26-5)19(12-14)25-4/h6-8,10-12H,1-5H3/b15-8-. The molecular weight excluding hydrogens is 334 g/mol. The molecule has 0 amide bonds. The van der Waals surface area contributed by atoms with Crippen LogP contribution in [-0.4, -0.2) is 35.5 Å². The minimum absolute atomic E-state index is 0.488. The van der Waals surface area contributed by atoms with Crippen LogP contribution in [0.5, 0.6) is 28.7 Å². The molecular formula is C20H21NO5. The summed E-state index contributed by atoms with van der Waals surface area (Å²) >= 11 is 0. The van der Waals surface area contributed by atoms with Crippen molar-refractivity contribution in [2.24, 2.45) is 0 Å². The number of hydrogen-bond donors (Lipinski definition) is 0. The molecule has 2 aromatic rings.